The van der Waals surface area contributed by atoms with Crippen molar-refractivity contribution >= 4 is 0 Å². The Bertz CT molecular complexity index is 189. The van der Waals surface area contributed by atoms with Crippen LogP contribution in [0.3, 0.4) is 0 Å². The fraction of sp³-hybridized carbons (Fsp3) is 1.00. The molecular formula is C13H26O2. The van der Waals surface area contributed by atoms with Gasteiger partial charge in [0.25, 0.3) is 0 Å². The Hall–Kier alpha value is -0.0800. The van der Waals surface area contributed by atoms with Crippen LogP contribution in [0.2, 0.25) is 0 Å². The maximum atomic E-state index is 6.11. The van der Waals surface area contributed by atoms with E-state index < -0.39 is 0 Å². The summed E-state index contributed by atoms with van der Waals surface area (Å²) in [7, 11) is 1.75. The third kappa shape index (κ3) is 2.73. The predicted molar refractivity (Wildman–Crippen MR) is 63.0 cm³/mol. The average molecular weight is 214 g/mol. The minimum Gasteiger partial charge on any atom is -0.382 e. The van der Waals surface area contributed by atoms with Gasteiger partial charge < -0.3 is 9.47 Å². The summed E-state index contributed by atoms with van der Waals surface area (Å²) in [5.41, 5.74) is 0.244. The molecule has 1 aliphatic heterocycles. The van der Waals surface area contributed by atoms with Crippen molar-refractivity contribution in [2.24, 2.45) is 11.3 Å². The van der Waals surface area contributed by atoms with Crippen molar-refractivity contribution < 1.29 is 9.47 Å². The Morgan fingerprint density at radius 1 is 1.33 bits per heavy atom. The molecule has 1 saturated heterocycles. The first-order valence-electron chi connectivity index (χ1n) is 6.18. The van der Waals surface area contributed by atoms with E-state index in [-0.39, 0.29) is 11.5 Å². The van der Waals surface area contributed by atoms with Gasteiger partial charge in [0.2, 0.25) is 0 Å². The van der Waals surface area contributed by atoms with E-state index in [1.807, 2.05) is 0 Å². The molecule has 0 amide bonds. The van der Waals surface area contributed by atoms with Crippen molar-refractivity contribution in [1.29, 1.82) is 0 Å². The molecule has 0 bridgehead atoms. The summed E-state index contributed by atoms with van der Waals surface area (Å²) < 4.78 is 11.3. The van der Waals surface area contributed by atoms with E-state index in [9.17, 15) is 0 Å². The van der Waals surface area contributed by atoms with Crippen LogP contribution in [0.1, 0.15) is 47.0 Å². The maximum absolute atomic E-state index is 6.11. The van der Waals surface area contributed by atoms with Gasteiger partial charge in [-0.15, -0.1) is 0 Å². The molecule has 0 radical (unpaired) electrons. The molecule has 0 aromatic rings. The Morgan fingerprint density at radius 3 is 2.53 bits per heavy atom. The van der Waals surface area contributed by atoms with Gasteiger partial charge in [0.15, 0.2) is 0 Å². The van der Waals surface area contributed by atoms with Gasteiger partial charge in [-0.1, -0.05) is 40.5 Å². The molecular weight excluding hydrogens is 188 g/mol. The quantitative estimate of drug-likeness (QED) is 0.699. The highest BCUT2D eigenvalue weighted by Gasteiger charge is 2.47. The minimum absolute atomic E-state index is 0.244. The zero-order valence-corrected chi connectivity index (χ0v) is 10.9. The molecule has 90 valence electrons. The Kier molecular flexibility index (Phi) is 4.60. The van der Waals surface area contributed by atoms with Crippen molar-refractivity contribution in [1.82, 2.24) is 0 Å². The molecule has 2 heteroatoms. The predicted octanol–water partition coefficient (Wildman–Crippen LogP) is 3.25. The topological polar surface area (TPSA) is 18.5 Å². The fourth-order valence-electron chi connectivity index (χ4n) is 2.41. The van der Waals surface area contributed by atoms with Crippen molar-refractivity contribution in [2.45, 2.75) is 59.2 Å². The minimum atomic E-state index is 0.244. The van der Waals surface area contributed by atoms with E-state index in [0.717, 1.165) is 6.61 Å². The second kappa shape index (κ2) is 5.31. The number of ether oxygens (including phenoxy) is 2. The van der Waals surface area contributed by atoms with E-state index in [2.05, 4.69) is 27.7 Å². The summed E-state index contributed by atoms with van der Waals surface area (Å²) in [4.78, 5) is 0. The fourth-order valence-corrected chi connectivity index (χ4v) is 2.41. The zero-order valence-electron chi connectivity index (χ0n) is 10.9. The molecule has 0 saturated carbocycles. The van der Waals surface area contributed by atoms with Crippen LogP contribution in [0.15, 0.2) is 0 Å². The molecule has 3 atom stereocenters. The van der Waals surface area contributed by atoms with Crippen molar-refractivity contribution in [3.63, 3.8) is 0 Å². The van der Waals surface area contributed by atoms with Crippen LogP contribution in [0.5, 0.6) is 0 Å². The molecule has 1 rings (SSSR count). The third-order valence-electron chi connectivity index (χ3n) is 4.06. The molecule has 0 aliphatic carbocycles. The first-order valence-corrected chi connectivity index (χ1v) is 6.18. The molecule has 15 heavy (non-hydrogen) atoms. The molecule has 2 nitrogen and oxygen atoms in total. The molecule has 0 N–H and O–H groups in total. The number of methoxy groups -OCH3 is 1. The summed E-state index contributed by atoms with van der Waals surface area (Å²) in [6, 6.07) is 0. The SMILES string of the molecule is CCCCC1OC(COC)C(C)(C)C1C. The van der Waals surface area contributed by atoms with Crippen molar-refractivity contribution in [3.05, 3.63) is 0 Å². The molecule has 3 unspecified atom stereocenters. The van der Waals surface area contributed by atoms with Crippen LogP contribution >= 0.6 is 0 Å². The van der Waals surface area contributed by atoms with Gasteiger partial charge in [0.1, 0.15) is 0 Å². The van der Waals surface area contributed by atoms with Gasteiger partial charge in [-0.05, 0) is 17.8 Å². The molecule has 1 fully saturated rings. The van der Waals surface area contributed by atoms with E-state index in [1.54, 1.807) is 7.11 Å². The summed E-state index contributed by atoms with van der Waals surface area (Å²) in [6.07, 6.45) is 4.41. The maximum Gasteiger partial charge on any atom is 0.0866 e. The van der Waals surface area contributed by atoms with Gasteiger partial charge in [-0.25, -0.2) is 0 Å². The third-order valence-corrected chi connectivity index (χ3v) is 4.06. The van der Waals surface area contributed by atoms with E-state index in [0.29, 0.717) is 12.0 Å². The summed E-state index contributed by atoms with van der Waals surface area (Å²) in [6.45, 7) is 9.87. The van der Waals surface area contributed by atoms with Crippen LogP contribution in [0.25, 0.3) is 0 Å². The normalized spacial score (nSPS) is 34.6. The van der Waals surface area contributed by atoms with Gasteiger partial charge in [-0.3, -0.25) is 0 Å². The number of hydrogen-bond acceptors (Lipinski definition) is 2. The molecule has 1 aliphatic rings. The van der Waals surface area contributed by atoms with Gasteiger partial charge >= 0.3 is 0 Å². The molecule has 1 heterocycles. The number of hydrogen-bond donors (Lipinski definition) is 0. The lowest BCUT2D eigenvalue weighted by molar-refractivity contribution is -0.0304. The second-order valence-corrected chi connectivity index (χ2v) is 5.37. The monoisotopic (exact) mass is 214 g/mol. The molecule has 0 aromatic heterocycles. The van der Waals surface area contributed by atoms with Crippen LogP contribution in [0, 0.1) is 11.3 Å². The van der Waals surface area contributed by atoms with Crippen molar-refractivity contribution in [3.8, 4) is 0 Å². The lowest BCUT2D eigenvalue weighted by Gasteiger charge is -2.28. The largest absolute Gasteiger partial charge is 0.382 e. The smallest absolute Gasteiger partial charge is 0.0866 e. The molecule has 0 aromatic carbocycles. The average Bonchev–Trinajstić information content (AvgIpc) is 2.40. The van der Waals surface area contributed by atoms with Crippen LogP contribution in [-0.4, -0.2) is 25.9 Å². The Labute approximate surface area is 94.3 Å². The summed E-state index contributed by atoms with van der Waals surface area (Å²) in [5.74, 6) is 0.629. The summed E-state index contributed by atoms with van der Waals surface area (Å²) >= 11 is 0. The van der Waals surface area contributed by atoms with E-state index in [1.165, 1.54) is 19.3 Å². The van der Waals surface area contributed by atoms with Gasteiger partial charge in [0, 0.05) is 7.11 Å². The van der Waals surface area contributed by atoms with Crippen molar-refractivity contribution in [2.75, 3.05) is 13.7 Å². The van der Waals surface area contributed by atoms with Crippen LogP contribution in [-0.2, 0) is 9.47 Å². The standard InChI is InChI=1S/C13H26O2/c1-6-7-8-11-10(2)13(3,4)12(15-11)9-14-5/h10-12H,6-9H2,1-5H3. The zero-order chi connectivity index (χ0) is 11.5. The van der Waals surface area contributed by atoms with Gasteiger partial charge in [-0.2, -0.15) is 0 Å². The highest BCUT2D eigenvalue weighted by Crippen LogP contribution is 2.44. The summed E-state index contributed by atoms with van der Waals surface area (Å²) in [5, 5.41) is 0. The Balaban J connectivity index is 2.57. The molecule has 0 spiro atoms. The Morgan fingerprint density at radius 2 is 2.00 bits per heavy atom. The number of unbranched alkanes of at least 4 members (excludes halogenated alkanes) is 1. The van der Waals surface area contributed by atoms with Crippen LogP contribution in [0.4, 0.5) is 0 Å². The highest BCUT2D eigenvalue weighted by atomic mass is 16.5. The first-order chi connectivity index (χ1) is 7.04. The first kappa shape index (κ1) is 13.0. The van der Waals surface area contributed by atoms with Crippen LogP contribution < -0.4 is 0 Å². The lowest BCUT2D eigenvalue weighted by atomic mass is 9.75. The highest BCUT2D eigenvalue weighted by molar-refractivity contribution is 4.94. The van der Waals surface area contributed by atoms with Gasteiger partial charge in [0.05, 0.1) is 18.8 Å². The number of rotatable bonds is 5. The van der Waals surface area contributed by atoms with E-state index in [4.69, 9.17) is 9.47 Å². The lowest BCUT2D eigenvalue weighted by Crippen LogP contribution is -2.32. The second-order valence-electron chi connectivity index (χ2n) is 5.37. The van der Waals surface area contributed by atoms with E-state index >= 15 is 0 Å².